The topological polar surface area (TPSA) is 78.7 Å². The minimum atomic E-state index is -1.38. The molecule has 2 unspecified atom stereocenters. The number of hydrogen-bond acceptors (Lipinski definition) is 7. The fraction of sp³-hybridized carbons (Fsp3) is 0.350. The van der Waals surface area contributed by atoms with E-state index in [4.69, 9.17) is 9.47 Å². The van der Waals surface area contributed by atoms with Crippen LogP contribution in [-0.2, 0) is 15.3 Å². The molecule has 0 saturated heterocycles. The van der Waals surface area contributed by atoms with Gasteiger partial charge >= 0.3 is 12.0 Å². The van der Waals surface area contributed by atoms with Gasteiger partial charge in [0.25, 0.3) is 0 Å². The van der Waals surface area contributed by atoms with Crippen LogP contribution in [0.4, 0.5) is 0 Å². The van der Waals surface area contributed by atoms with Crippen LogP contribution in [0.25, 0.3) is 0 Å². The number of hydrogen-bond donors (Lipinski definition) is 0. The van der Waals surface area contributed by atoms with E-state index in [-0.39, 0.29) is 18.3 Å². The van der Waals surface area contributed by atoms with Gasteiger partial charge < -0.3 is 9.47 Å². The van der Waals surface area contributed by atoms with Gasteiger partial charge in [-0.1, -0.05) is 64.1 Å². The van der Waals surface area contributed by atoms with Gasteiger partial charge in [0.1, 0.15) is 5.75 Å². The van der Waals surface area contributed by atoms with Crippen LogP contribution in [0.1, 0.15) is 29.7 Å². The third kappa shape index (κ3) is 6.76. The van der Waals surface area contributed by atoms with Crippen molar-refractivity contribution < 1.29 is 19.2 Å². The minimum Gasteiger partial charge on any atom is -0.497 e. The molecule has 0 amide bonds. The Morgan fingerprint density at radius 2 is 1.82 bits per heavy atom. The van der Waals surface area contributed by atoms with Crippen molar-refractivity contribution in [3.63, 3.8) is 0 Å². The summed E-state index contributed by atoms with van der Waals surface area (Å²) in [5, 5.41) is 11.2. The standard InChI is InChI=1S/C20H23NO5S2/c1-3-26-20(22)18(21(23)24)13-19(16-7-5-4-6-8-16)28-27-14-15-9-11-17(25-2)12-10-15/h4-12,18-19H,3,13-14H2,1-2H3. The van der Waals surface area contributed by atoms with Gasteiger partial charge in [-0.2, -0.15) is 0 Å². The normalized spacial score (nSPS) is 12.8. The first kappa shape index (κ1) is 22.1. The fourth-order valence-corrected chi connectivity index (χ4v) is 5.28. The van der Waals surface area contributed by atoms with E-state index in [1.165, 1.54) is 10.8 Å². The van der Waals surface area contributed by atoms with Gasteiger partial charge in [-0.05, 0) is 30.2 Å². The zero-order valence-electron chi connectivity index (χ0n) is 15.8. The van der Waals surface area contributed by atoms with Crippen LogP contribution in [0.3, 0.4) is 0 Å². The lowest BCUT2D eigenvalue weighted by Crippen LogP contribution is -2.32. The maximum absolute atomic E-state index is 12.0. The molecule has 0 N–H and O–H groups in total. The predicted octanol–water partition coefficient (Wildman–Crippen LogP) is 4.92. The Balaban J connectivity index is 2.06. The molecule has 0 aromatic heterocycles. The number of methoxy groups -OCH3 is 1. The SMILES string of the molecule is CCOC(=O)C(CC(SSCc1ccc(OC)cc1)c1ccccc1)[N+](=O)[O-]. The summed E-state index contributed by atoms with van der Waals surface area (Å²) in [4.78, 5) is 22.9. The molecule has 6 nitrogen and oxygen atoms in total. The molecule has 0 fully saturated rings. The number of carbonyl (C=O) groups is 1. The third-order valence-corrected chi connectivity index (χ3v) is 6.73. The molecule has 0 radical (unpaired) electrons. The molecule has 150 valence electrons. The van der Waals surface area contributed by atoms with Gasteiger partial charge in [0.2, 0.25) is 0 Å². The van der Waals surface area contributed by atoms with Gasteiger partial charge in [-0.15, -0.1) is 0 Å². The van der Waals surface area contributed by atoms with E-state index in [0.29, 0.717) is 0 Å². The molecule has 2 aromatic carbocycles. The van der Waals surface area contributed by atoms with Crippen molar-refractivity contribution in [1.29, 1.82) is 0 Å². The van der Waals surface area contributed by atoms with Crippen molar-refractivity contribution in [2.75, 3.05) is 13.7 Å². The molecule has 0 aliphatic carbocycles. The summed E-state index contributed by atoms with van der Waals surface area (Å²) >= 11 is 0. The average Bonchev–Trinajstić information content (AvgIpc) is 2.71. The monoisotopic (exact) mass is 421 g/mol. The zero-order valence-corrected chi connectivity index (χ0v) is 17.4. The number of ether oxygens (including phenoxy) is 2. The second kappa shape index (κ2) is 11.6. The lowest BCUT2D eigenvalue weighted by Gasteiger charge is -2.18. The molecule has 2 aromatic rings. The van der Waals surface area contributed by atoms with Crippen LogP contribution in [0, 0.1) is 10.1 Å². The molecule has 28 heavy (non-hydrogen) atoms. The molecule has 8 heteroatoms. The van der Waals surface area contributed by atoms with Crippen LogP contribution in [0.5, 0.6) is 5.75 Å². The highest BCUT2D eigenvalue weighted by Crippen LogP contribution is 2.43. The fourth-order valence-electron chi connectivity index (χ4n) is 2.51. The van der Waals surface area contributed by atoms with Crippen LogP contribution in [-0.4, -0.2) is 30.7 Å². The molecule has 0 spiro atoms. The third-order valence-electron chi connectivity index (χ3n) is 3.99. The van der Waals surface area contributed by atoms with Gasteiger partial charge in [-0.3, -0.25) is 10.1 Å². The van der Waals surface area contributed by atoms with E-state index in [1.807, 2.05) is 54.6 Å². The Kier molecular flexibility index (Phi) is 9.16. The summed E-state index contributed by atoms with van der Waals surface area (Å²) in [7, 11) is 4.76. The van der Waals surface area contributed by atoms with E-state index in [9.17, 15) is 14.9 Å². The highest BCUT2D eigenvalue weighted by atomic mass is 33.1. The summed E-state index contributed by atoms with van der Waals surface area (Å²) in [5.74, 6) is 0.751. The molecule has 0 bridgehead atoms. The lowest BCUT2D eigenvalue weighted by molar-refractivity contribution is -0.511. The second-order valence-electron chi connectivity index (χ2n) is 5.89. The van der Waals surface area contributed by atoms with Crippen LogP contribution < -0.4 is 4.74 Å². The van der Waals surface area contributed by atoms with Crippen molar-refractivity contribution in [3.8, 4) is 5.75 Å². The van der Waals surface area contributed by atoms with Crippen LogP contribution >= 0.6 is 21.6 Å². The first-order valence-corrected chi connectivity index (χ1v) is 11.2. The Morgan fingerprint density at radius 3 is 2.39 bits per heavy atom. The summed E-state index contributed by atoms with van der Waals surface area (Å²) in [6.45, 7) is 1.77. The summed E-state index contributed by atoms with van der Waals surface area (Å²) in [6.07, 6.45) is 0.0795. The van der Waals surface area contributed by atoms with Gasteiger partial charge in [0.05, 0.1) is 13.7 Å². The predicted molar refractivity (Wildman–Crippen MR) is 113 cm³/mol. The first-order chi connectivity index (χ1) is 13.5. The molecule has 0 heterocycles. The Labute approximate surface area is 172 Å². The van der Waals surface area contributed by atoms with E-state index >= 15 is 0 Å². The lowest BCUT2D eigenvalue weighted by atomic mass is 10.1. The number of carbonyl (C=O) groups excluding carboxylic acids is 1. The molecule has 0 saturated carbocycles. The largest absolute Gasteiger partial charge is 0.497 e. The Morgan fingerprint density at radius 1 is 1.14 bits per heavy atom. The highest BCUT2D eigenvalue weighted by Gasteiger charge is 2.35. The summed E-state index contributed by atoms with van der Waals surface area (Å²) in [6, 6.07) is 15.9. The Bertz CT molecular complexity index is 755. The molecular weight excluding hydrogens is 398 g/mol. The molecule has 0 aliphatic rings. The van der Waals surface area contributed by atoms with Crippen LogP contribution in [0.2, 0.25) is 0 Å². The van der Waals surface area contributed by atoms with Crippen LogP contribution in [0.15, 0.2) is 54.6 Å². The van der Waals surface area contributed by atoms with Gasteiger partial charge in [0.15, 0.2) is 0 Å². The van der Waals surface area contributed by atoms with Crippen molar-refractivity contribution in [2.45, 2.75) is 30.4 Å². The number of nitro groups is 1. The van der Waals surface area contributed by atoms with Crippen molar-refractivity contribution >= 4 is 27.6 Å². The van der Waals surface area contributed by atoms with Crippen molar-refractivity contribution in [2.24, 2.45) is 0 Å². The van der Waals surface area contributed by atoms with Crippen molar-refractivity contribution in [3.05, 3.63) is 75.8 Å². The maximum atomic E-state index is 12.0. The highest BCUT2D eigenvalue weighted by molar-refractivity contribution is 8.76. The second-order valence-corrected chi connectivity index (χ2v) is 8.47. The molecule has 2 rings (SSSR count). The Hall–Kier alpha value is -2.19. The molecule has 0 aliphatic heterocycles. The van der Waals surface area contributed by atoms with Gasteiger partial charge in [0, 0.05) is 22.3 Å². The zero-order chi connectivity index (χ0) is 20.4. The number of rotatable bonds is 11. The van der Waals surface area contributed by atoms with E-state index in [2.05, 4.69) is 0 Å². The average molecular weight is 422 g/mol. The number of benzene rings is 2. The number of esters is 1. The number of nitrogens with zero attached hydrogens (tertiary/aromatic N) is 1. The van der Waals surface area contributed by atoms with E-state index in [0.717, 1.165) is 22.6 Å². The van der Waals surface area contributed by atoms with Crippen molar-refractivity contribution in [1.82, 2.24) is 0 Å². The molecular formula is C20H23NO5S2. The summed E-state index contributed by atoms with van der Waals surface area (Å²) in [5.41, 5.74) is 2.08. The maximum Gasteiger partial charge on any atom is 0.381 e. The first-order valence-electron chi connectivity index (χ1n) is 8.81. The quantitative estimate of drug-likeness (QED) is 0.221. The summed E-state index contributed by atoms with van der Waals surface area (Å²) < 4.78 is 10.0. The smallest absolute Gasteiger partial charge is 0.381 e. The molecule has 2 atom stereocenters. The minimum absolute atomic E-state index is 0.0795. The van der Waals surface area contributed by atoms with E-state index in [1.54, 1.807) is 24.8 Å². The van der Waals surface area contributed by atoms with E-state index < -0.39 is 16.9 Å². The van der Waals surface area contributed by atoms with Gasteiger partial charge in [-0.25, -0.2) is 4.79 Å².